The zero-order chi connectivity index (χ0) is 23.3. The summed E-state index contributed by atoms with van der Waals surface area (Å²) in [6, 6.07) is -1.04. The molecular formula is C18H18F7N7. The first-order chi connectivity index (χ1) is 14.8. The molecule has 0 saturated heterocycles. The van der Waals surface area contributed by atoms with Crippen LogP contribution in [0.15, 0.2) is 12.3 Å². The fourth-order valence-corrected chi connectivity index (χ4v) is 4.17. The molecule has 0 spiro atoms. The van der Waals surface area contributed by atoms with Gasteiger partial charge in [0, 0.05) is 44.0 Å². The molecule has 7 nitrogen and oxygen atoms in total. The molecule has 4 rings (SSSR count). The van der Waals surface area contributed by atoms with Crippen molar-refractivity contribution in [1.82, 2.24) is 24.9 Å². The summed E-state index contributed by atoms with van der Waals surface area (Å²) in [5, 5.41) is 0. The number of nitrogens with two attached hydrogens (primary N) is 1. The summed E-state index contributed by atoms with van der Waals surface area (Å²) < 4.78 is 94.7. The summed E-state index contributed by atoms with van der Waals surface area (Å²) in [6.07, 6.45) is -5.91. The molecule has 32 heavy (non-hydrogen) atoms. The normalized spacial score (nSPS) is 24.6. The van der Waals surface area contributed by atoms with Crippen molar-refractivity contribution >= 4 is 11.9 Å². The van der Waals surface area contributed by atoms with Gasteiger partial charge in [0.2, 0.25) is 29.6 Å². The van der Waals surface area contributed by atoms with Crippen molar-refractivity contribution in [3.8, 4) is 11.6 Å². The number of hydrogen-bond acceptors (Lipinski definition) is 7. The SMILES string of the molecule is Nc1nc(-c2nccc(C(F)(F)F)n2)nc(N(C2CCC(F)(F)C2)C2CCC(F)(F)C2)n1. The van der Waals surface area contributed by atoms with Crippen LogP contribution in [0, 0.1) is 0 Å². The standard InChI is InChI=1S/C18H18F7N7/c19-16(20)4-1-9(7-16)32(10-2-5-17(21,22)8-10)15-30-13(29-14(26)31-15)12-27-6-3-11(28-12)18(23,24)25/h3,6,9-10H,1-2,4-5,7-8H2,(H2,26,29,30,31). The van der Waals surface area contributed by atoms with Crippen molar-refractivity contribution < 1.29 is 30.7 Å². The molecule has 2 aromatic heterocycles. The van der Waals surface area contributed by atoms with Crippen LogP contribution >= 0.6 is 0 Å². The first-order valence-corrected chi connectivity index (χ1v) is 9.79. The van der Waals surface area contributed by atoms with Gasteiger partial charge in [-0.2, -0.15) is 28.1 Å². The largest absolute Gasteiger partial charge is 0.433 e. The van der Waals surface area contributed by atoms with Gasteiger partial charge < -0.3 is 10.6 Å². The molecule has 2 aromatic rings. The van der Waals surface area contributed by atoms with Crippen molar-refractivity contribution in [3.05, 3.63) is 18.0 Å². The average molecular weight is 465 g/mol. The van der Waals surface area contributed by atoms with Gasteiger partial charge in [-0.15, -0.1) is 0 Å². The molecule has 0 aliphatic heterocycles. The monoisotopic (exact) mass is 465 g/mol. The number of halogens is 7. The smallest absolute Gasteiger partial charge is 0.368 e. The van der Waals surface area contributed by atoms with Gasteiger partial charge in [-0.25, -0.2) is 27.5 Å². The predicted molar refractivity (Wildman–Crippen MR) is 97.9 cm³/mol. The number of hydrogen-bond donors (Lipinski definition) is 1. The Kier molecular flexibility index (Phi) is 5.36. The van der Waals surface area contributed by atoms with Crippen LogP contribution in [0.25, 0.3) is 11.6 Å². The summed E-state index contributed by atoms with van der Waals surface area (Å²) in [7, 11) is 0. The molecule has 0 radical (unpaired) electrons. The number of aromatic nitrogens is 5. The third-order valence-corrected chi connectivity index (χ3v) is 5.56. The van der Waals surface area contributed by atoms with E-state index in [1.807, 2.05) is 0 Å². The first-order valence-electron chi connectivity index (χ1n) is 9.79. The molecule has 2 atom stereocenters. The van der Waals surface area contributed by atoms with Gasteiger partial charge in [0.1, 0.15) is 5.69 Å². The Labute approximate surface area is 177 Å². The van der Waals surface area contributed by atoms with Crippen LogP contribution in [0.4, 0.5) is 42.6 Å². The number of anilines is 2. The zero-order valence-electron chi connectivity index (χ0n) is 16.5. The highest BCUT2D eigenvalue weighted by Crippen LogP contribution is 2.44. The van der Waals surface area contributed by atoms with Gasteiger partial charge in [-0.05, 0) is 18.9 Å². The summed E-state index contributed by atoms with van der Waals surface area (Å²) in [4.78, 5) is 20.2. The molecular weight excluding hydrogens is 447 g/mol. The summed E-state index contributed by atoms with van der Waals surface area (Å²) >= 11 is 0. The Morgan fingerprint density at radius 1 is 0.875 bits per heavy atom. The van der Waals surface area contributed by atoms with Crippen LogP contribution in [0.3, 0.4) is 0 Å². The minimum atomic E-state index is -4.75. The number of rotatable bonds is 4. The minimum absolute atomic E-state index is 0.00997. The van der Waals surface area contributed by atoms with Crippen molar-refractivity contribution in [2.45, 2.75) is 68.6 Å². The van der Waals surface area contributed by atoms with E-state index >= 15 is 0 Å². The molecule has 2 saturated carbocycles. The van der Waals surface area contributed by atoms with Crippen LogP contribution in [-0.4, -0.2) is 48.8 Å². The van der Waals surface area contributed by atoms with E-state index in [2.05, 4.69) is 24.9 Å². The molecule has 2 aliphatic rings. The topological polar surface area (TPSA) is 93.7 Å². The van der Waals surface area contributed by atoms with Crippen molar-refractivity contribution in [2.75, 3.05) is 10.6 Å². The molecule has 14 heteroatoms. The van der Waals surface area contributed by atoms with E-state index in [1.165, 1.54) is 4.90 Å². The van der Waals surface area contributed by atoms with Crippen LogP contribution in [0.1, 0.15) is 44.2 Å². The van der Waals surface area contributed by atoms with E-state index in [0.717, 1.165) is 6.20 Å². The van der Waals surface area contributed by atoms with Crippen molar-refractivity contribution in [2.24, 2.45) is 0 Å². The summed E-state index contributed by atoms with van der Waals surface area (Å²) in [5.41, 5.74) is 4.45. The van der Waals surface area contributed by atoms with E-state index in [1.54, 1.807) is 0 Å². The fourth-order valence-electron chi connectivity index (χ4n) is 4.17. The molecule has 2 fully saturated rings. The predicted octanol–water partition coefficient (Wildman–Crippen LogP) is 4.11. The molecule has 2 unspecified atom stereocenters. The van der Waals surface area contributed by atoms with Crippen LogP contribution in [0.2, 0.25) is 0 Å². The second-order valence-electron chi connectivity index (χ2n) is 7.99. The van der Waals surface area contributed by atoms with Gasteiger partial charge in [0.25, 0.3) is 0 Å². The highest BCUT2D eigenvalue weighted by molar-refractivity contribution is 5.50. The molecule has 2 N–H and O–H groups in total. The lowest BCUT2D eigenvalue weighted by molar-refractivity contribution is -0.141. The summed E-state index contributed by atoms with van der Waals surface area (Å²) in [5.74, 6) is -7.57. The van der Waals surface area contributed by atoms with E-state index in [9.17, 15) is 30.7 Å². The minimum Gasteiger partial charge on any atom is -0.368 e. The second-order valence-corrected chi connectivity index (χ2v) is 7.99. The van der Waals surface area contributed by atoms with Crippen molar-refractivity contribution in [3.63, 3.8) is 0 Å². The Morgan fingerprint density at radius 3 is 1.97 bits per heavy atom. The number of nitrogen functional groups attached to an aromatic ring is 1. The van der Waals surface area contributed by atoms with Gasteiger partial charge in [0.15, 0.2) is 5.82 Å². The van der Waals surface area contributed by atoms with E-state index in [0.29, 0.717) is 6.07 Å². The fraction of sp³-hybridized carbons (Fsp3) is 0.611. The van der Waals surface area contributed by atoms with Gasteiger partial charge in [0.05, 0.1) is 0 Å². The maximum atomic E-state index is 13.9. The Balaban J connectivity index is 1.75. The highest BCUT2D eigenvalue weighted by atomic mass is 19.4. The van der Waals surface area contributed by atoms with Gasteiger partial charge in [-0.1, -0.05) is 0 Å². The van der Waals surface area contributed by atoms with E-state index < -0.39 is 79.1 Å². The first kappa shape index (κ1) is 22.4. The molecule has 2 heterocycles. The van der Waals surface area contributed by atoms with E-state index in [-0.39, 0.29) is 18.8 Å². The maximum Gasteiger partial charge on any atom is 0.433 e. The van der Waals surface area contributed by atoms with Gasteiger partial charge in [-0.3, -0.25) is 0 Å². The zero-order valence-corrected chi connectivity index (χ0v) is 16.5. The lowest BCUT2D eigenvalue weighted by Gasteiger charge is -2.34. The van der Waals surface area contributed by atoms with Crippen LogP contribution < -0.4 is 10.6 Å². The Hall–Kier alpha value is -2.80. The molecule has 0 amide bonds. The lowest BCUT2D eigenvalue weighted by atomic mass is 10.1. The van der Waals surface area contributed by atoms with Crippen LogP contribution in [-0.2, 0) is 6.18 Å². The van der Waals surface area contributed by atoms with Crippen LogP contribution in [0.5, 0.6) is 0 Å². The maximum absolute atomic E-state index is 13.9. The Morgan fingerprint density at radius 2 is 1.47 bits per heavy atom. The van der Waals surface area contributed by atoms with Crippen molar-refractivity contribution in [1.29, 1.82) is 0 Å². The Bertz CT molecular complexity index is 972. The molecule has 0 bridgehead atoms. The molecule has 174 valence electrons. The third kappa shape index (κ3) is 4.67. The quantitative estimate of drug-likeness (QED) is 0.680. The average Bonchev–Trinajstić information content (AvgIpc) is 3.22. The molecule has 2 aliphatic carbocycles. The number of nitrogens with zero attached hydrogens (tertiary/aromatic N) is 6. The third-order valence-electron chi connectivity index (χ3n) is 5.56. The van der Waals surface area contributed by atoms with Gasteiger partial charge >= 0.3 is 6.18 Å². The summed E-state index contributed by atoms with van der Waals surface area (Å²) in [6.45, 7) is 0. The van der Waals surface area contributed by atoms with E-state index in [4.69, 9.17) is 5.73 Å². The second kappa shape index (κ2) is 7.66. The highest BCUT2D eigenvalue weighted by Gasteiger charge is 2.49. The lowest BCUT2D eigenvalue weighted by Crippen LogP contribution is -2.43. The molecule has 0 aromatic carbocycles. The number of alkyl halides is 7.